The van der Waals surface area contributed by atoms with E-state index in [0.717, 1.165) is 10.5 Å². The van der Waals surface area contributed by atoms with Crippen molar-refractivity contribution >= 4 is 16.1 Å². The summed E-state index contributed by atoms with van der Waals surface area (Å²) in [5.41, 5.74) is 0.107. The molecule has 1 aromatic rings. The fourth-order valence-corrected chi connectivity index (χ4v) is 6.25. The minimum atomic E-state index is -4.85. The lowest BCUT2D eigenvalue weighted by Gasteiger charge is -2.38. The Morgan fingerprint density at radius 2 is 1.97 bits per heavy atom. The molecule has 8 nitrogen and oxygen atoms in total. The van der Waals surface area contributed by atoms with Crippen molar-refractivity contribution in [3.05, 3.63) is 29.8 Å². The number of carbonyl (C=O) groups is 1. The number of amides is 1. The second-order valence-corrected chi connectivity index (χ2v) is 9.95. The summed E-state index contributed by atoms with van der Waals surface area (Å²) < 4.78 is 75.7. The summed E-state index contributed by atoms with van der Waals surface area (Å²) in [4.78, 5) is 13.5. The van der Waals surface area contributed by atoms with Gasteiger partial charge in [-0.3, -0.25) is 0 Å². The lowest BCUT2D eigenvalue weighted by atomic mass is 9.87. The molecule has 3 heterocycles. The number of rotatable bonds is 3. The summed E-state index contributed by atoms with van der Waals surface area (Å²) in [6.45, 7) is -0.604. The Morgan fingerprint density at radius 1 is 1.29 bits per heavy atom. The number of benzene rings is 1. The Bertz CT molecular complexity index is 946. The zero-order chi connectivity index (χ0) is 22.4. The Balaban J connectivity index is 1.36. The highest BCUT2D eigenvalue weighted by molar-refractivity contribution is 7.89. The zero-order valence-corrected chi connectivity index (χ0v) is 17.4. The van der Waals surface area contributed by atoms with Gasteiger partial charge < -0.3 is 19.5 Å². The normalized spacial score (nSPS) is 26.1. The molecule has 1 spiro atoms. The molecule has 1 unspecified atom stereocenters. The van der Waals surface area contributed by atoms with Gasteiger partial charge in [-0.25, -0.2) is 13.2 Å². The van der Waals surface area contributed by atoms with Crippen molar-refractivity contribution < 1.29 is 41.0 Å². The van der Waals surface area contributed by atoms with Crippen molar-refractivity contribution in [2.75, 3.05) is 26.3 Å². The van der Waals surface area contributed by atoms with Crippen LogP contribution >= 0.6 is 0 Å². The van der Waals surface area contributed by atoms with Gasteiger partial charge >= 0.3 is 12.3 Å². The maximum absolute atomic E-state index is 12.9. The number of alkyl halides is 3. The number of piperidine rings is 1. The third-order valence-corrected chi connectivity index (χ3v) is 8.19. The van der Waals surface area contributed by atoms with Gasteiger partial charge in [-0.1, -0.05) is 18.2 Å². The molecule has 12 heteroatoms. The number of hydrogen-bond donors (Lipinski definition) is 1. The van der Waals surface area contributed by atoms with Gasteiger partial charge in [-0.15, -0.1) is 0 Å². The second-order valence-electron chi connectivity index (χ2n) is 8.09. The Kier molecular flexibility index (Phi) is 5.69. The van der Waals surface area contributed by atoms with Crippen LogP contribution in [0.1, 0.15) is 24.8 Å². The van der Waals surface area contributed by atoms with Crippen molar-refractivity contribution in [1.82, 2.24) is 9.21 Å². The molecule has 1 N–H and O–H groups in total. The minimum absolute atomic E-state index is 0.120. The first-order chi connectivity index (χ1) is 14.6. The quantitative estimate of drug-likeness (QED) is 0.734. The van der Waals surface area contributed by atoms with Crippen LogP contribution in [0.15, 0.2) is 29.2 Å². The Labute approximate surface area is 177 Å². The van der Waals surface area contributed by atoms with E-state index in [1.165, 1.54) is 4.31 Å². The van der Waals surface area contributed by atoms with Crippen LogP contribution < -0.4 is 0 Å². The van der Waals surface area contributed by atoms with Gasteiger partial charge in [0.05, 0.1) is 29.8 Å². The second kappa shape index (κ2) is 7.91. The van der Waals surface area contributed by atoms with E-state index < -0.39 is 40.6 Å². The van der Waals surface area contributed by atoms with Crippen molar-refractivity contribution in [3.63, 3.8) is 0 Å². The van der Waals surface area contributed by atoms with Crippen LogP contribution in [0.25, 0.3) is 0 Å². The van der Waals surface area contributed by atoms with Crippen molar-refractivity contribution in [2.45, 2.75) is 54.6 Å². The summed E-state index contributed by atoms with van der Waals surface area (Å²) >= 11 is 0. The smallest absolute Gasteiger partial charge is 0.427 e. The third-order valence-electron chi connectivity index (χ3n) is 6.19. The number of aliphatic hydroxyl groups excluding tert-OH is 1. The van der Waals surface area contributed by atoms with E-state index in [1.54, 1.807) is 24.3 Å². The maximum atomic E-state index is 12.9. The van der Waals surface area contributed by atoms with Crippen molar-refractivity contribution in [2.24, 2.45) is 0 Å². The topological polar surface area (TPSA) is 96.4 Å². The van der Waals surface area contributed by atoms with Crippen LogP contribution in [0.3, 0.4) is 0 Å². The fraction of sp³-hybridized carbons (Fsp3) is 0.632. The predicted octanol–water partition coefficient (Wildman–Crippen LogP) is 1.87. The zero-order valence-electron chi connectivity index (χ0n) is 16.5. The van der Waals surface area contributed by atoms with Gasteiger partial charge in [-0.2, -0.15) is 17.5 Å². The van der Waals surface area contributed by atoms with Crippen molar-refractivity contribution in [3.8, 4) is 0 Å². The van der Waals surface area contributed by atoms with Gasteiger partial charge in [0, 0.05) is 19.6 Å². The average molecular weight is 464 g/mol. The van der Waals surface area contributed by atoms with E-state index in [4.69, 9.17) is 9.84 Å². The average Bonchev–Trinajstić information content (AvgIpc) is 3.24. The van der Waals surface area contributed by atoms with E-state index in [0.29, 0.717) is 24.2 Å². The van der Waals surface area contributed by atoms with Crippen molar-refractivity contribution in [1.29, 1.82) is 0 Å². The number of aliphatic hydroxyl groups is 1. The number of carbonyl (C=O) groups excluding carboxylic acids is 1. The highest BCUT2D eigenvalue weighted by Crippen LogP contribution is 2.42. The largest absolute Gasteiger partial charge is 0.434 e. The van der Waals surface area contributed by atoms with Gasteiger partial charge in [0.1, 0.15) is 0 Å². The lowest BCUT2D eigenvalue weighted by molar-refractivity contribution is -0.215. The molecule has 0 radical (unpaired) electrons. The Morgan fingerprint density at radius 3 is 2.58 bits per heavy atom. The van der Waals surface area contributed by atoms with Gasteiger partial charge in [-0.05, 0) is 30.9 Å². The molecule has 0 aromatic heterocycles. The number of ether oxygens (including phenoxy) is 2. The molecule has 0 aliphatic carbocycles. The third kappa shape index (κ3) is 4.13. The Hall–Kier alpha value is -1.89. The van der Waals surface area contributed by atoms with E-state index >= 15 is 0 Å². The highest BCUT2D eigenvalue weighted by atomic mass is 32.2. The lowest BCUT2D eigenvalue weighted by Crippen LogP contribution is -2.49. The SMILES string of the molecule is O=C(O[C@H](CO)C(F)(F)F)N1CCC2(CC1)CC(N1Cc3ccccc3S1(=O)=O)CO2. The van der Waals surface area contributed by atoms with Gasteiger partial charge in [0.15, 0.2) is 0 Å². The standard InChI is InChI=1S/C19H23F3N2O6S/c20-19(21,22)16(11-25)30-17(26)23-7-5-18(6-8-23)9-14(12-29-18)24-10-13-3-1-2-4-15(13)31(24,27)28/h1-4,14,16,25H,5-12H2/t14?,16-/m1/s1. The van der Waals surface area contributed by atoms with Crippen LogP contribution in [0.4, 0.5) is 18.0 Å². The van der Waals surface area contributed by atoms with Gasteiger partial charge in [0.25, 0.3) is 0 Å². The molecule has 3 aliphatic heterocycles. The molecule has 2 fully saturated rings. The first-order valence-electron chi connectivity index (χ1n) is 9.93. The van der Waals surface area contributed by atoms with E-state index in [9.17, 15) is 26.4 Å². The molecule has 2 saturated heterocycles. The fourth-order valence-electron chi connectivity index (χ4n) is 4.44. The van der Waals surface area contributed by atoms with E-state index in [-0.39, 0.29) is 32.3 Å². The predicted molar refractivity (Wildman–Crippen MR) is 100 cm³/mol. The number of sulfonamides is 1. The highest BCUT2D eigenvalue weighted by Gasteiger charge is 2.50. The van der Waals surface area contributed by atoms with E-state index in [2.05, 4.69) is 4.74 Å². The molecule has 3 aliphatic rings. The molecule has 172 valence electrons. The first-order valence-corrected chi connectivity index (χ1v) is 11.4. The summed E-state index contributed by atoms with van der Waals surface area (Å²) in [5, 5.41) is 8.83. The number of fused-ring (bicyclic) bond motifs is 1. The molecule has 0 saturated carbocycles. The molecule has 2 atom stereocenters. The molecule has 1 amide bonds. The number of hydrogen-bond acceptors (Lipinski definition) is 6. The summed E-state index contributed by atoms with van der Waals surface area (Å²) in [5.74, 6) is 0. The molecule has 31 heavy (non-hydrogen) atoms. The maximum Gasteiger partial charge on any atom is 0.427 e. The van der Waals surface area contributed by atoms with Crippen LogP contribution in [-0.4, -0.2) is 79.0 Å². The number of halogens is 3. The van der Waals surface area contributed by atoms with Crippen LogP contribution in [0, 0.1) is 0 Å². The van der Waals surface area contributed by atoms with Crippen LogP contribution in [0.5, 0.6) is 0 Å². The first kappa shape index (κ1) is 22.3. The molecule has 4 rings (SSSR count). The van der Waals surface area contributed by atoms with Gasteiger partial charge in [0.2, 0.25) is 16.1 Å². The summed E-state index contributed by atoms with van der Waals surface area (Å²) in [6.07, 6.45) is -7.39. The molecule has 0 bridgehead atoms. The number of likely N-dealkylation sites (tertiary alicyclic amines) is 1. The van der Waals surface area contributed by atoms with Crippen LogP contribution in [0.2, 0.25) is 0 Å². The number of nitrogens with zero attached hydrogens (tertiary/aromatic N) is 2. The monoisotopic (exact) mass is 464 g/mol. The summed E-state index contributed by atoms with van der Waals surface area (Å²) in [6, 6.07) is 6.49. The summed E-state index contributed by atoms with van der Waals surface area (Å²) in [7, 11) is -3.60. The van der Waals surface area contributed by atoms with E-state index in [1.807, 2.05) is 0 Å². The van der Waals surface area contributed by atoms with Crippen LogP contribution in [-0.2, 0) is 26.0 Å². The molecular formula is C19H23F3N2O6S. The molecule has 1 aromatic carbocycles. The molecular weight excluding hydrogens is 441 g/mol. The minimum Gasteiger partial charge on any atom is -0.434 e.